The number of sulfonamides is 1. The lowest BCUT2D eigenvalue weighted by Crippen LogP contribution is -2.30. The van der Waals surface area contributed by atoms with Gasteiger partial charge < -0.3 is 10.3 Å². The van der Waals surface area contributed by atoms with E-state index in [1.54, 1.807) is 13.0 Å². The van der Waals surface area contributed by atoms with Crippen LogP contribution < -0.4 is 5.73 Å². The lowest BCUT2D eigenvalue weighted by Gasteiger charge is -2.17. The average Bonchev–Trinajstić information content (AvgIpc) is 3.26. The number of aryl methyl sites for hydroxylation is 1. The van der Waals surface area contributed by atoms with Crippen molar-refractivity contribution in [1.82, 2.24) is 14.4 Å². The first kappa shape index (κ1) is 19.8. The van der Waals surface area contributed by atoms with E-state index in [-0.39, 0.29) is 29.1 Å². The van der Waals surface area contributed by atoms with Gasteiger partial charge in [-0.2, -0.15) is 4.31 Å². The van der Waals surface area contributed by atoms with Crippen molar-refractivity contribution in [3.05, 3.63) is 53.9 Å². The highest BCUT2D eigenvalue weighted by Gasteiger charge is 2.39. The summed E-state index contributed by atoms with van der Waals surface area (Å²) in [6, 6.07) is 11.5. The highest BCUT2D eigenvalue weighted by atomic mass is 35.5. The molecule has 1 aliphatic rings. The van der Waals surface area contributed by atoms with Crippen molar-refractivity contribution in [2.75, 3.05) is 19.6 Å². The normalized spacial score (nSPS) is 20.7. The van der Waals surface area contributed by atoms with Crippen LogP contribution in [0.5, 0.6) is 0 Å². The van der Waals surface area contributed by atoms with Crippen molar-refractivity contribution in [3.8, 4) is 0 Å². The minimum atomic E-state index is -3.66. The molecule has 0 amide bonds. The van der Waals surface area contributed by atoms with Crippen LogP contribution in [-0.2, 0) is 10.0 Å². The quantitative estimate of drug-likeness (QED) is 0.710. The van der Waals surface area contributed by atoms with Crippen LogP contribution in [0.2, 0.25) is 0 Å². The van der Waals surface area contributed by atoms with Crippen LogP contribution in [0, 0.1) is 12.8 Å². The van der Waals surface area contributed by atoms with Gasteiger partial charge in [0.05, 0.1) is 17.3 Å². The molecule has 1 aliphatic heterocycles. The molecule has 1 saturated heterocycles. The number of pyridine rings is 1. The van der Waals surface area contributed by atoms with E-state index in [1.165, 1.54) is 10.5 Å². The number of rotatable bonds is 4. The molecular formula is C18H21ClN4O3S. The Balaban J connectivity index is 0.00000210. The highest BCUT2D eigenvalue weighted by molar-refractivity contribution is 7.89. The molecule has 0 saturated carbocycles. The fourth-order valence-electron chi connectivity index (χ4n) is 3.56. The van der Waals surface area contributed by atoms with Gasteiger partial charge in [0.1, 0.15) is 4.90 Å². The Morgan fingerprint density at radius 2 is 2.00 bits per heavy atom. The SMILES string of the molecule is Cc1noc2ncc(S(=O)(=O)N3C[C@@H](CN)[C@H](c4ccccc4)C3)cc12.Cl. The van der Waals surface area contributed by atoms with Gasteiger partial charge in [0.2, 0.25) is 10.0 Å². The van der Waals surface area contributed by atoms with E-state index in [0.29, 0.717) is 36.4 Å². The fourth-order valence-corrected chi connectivity index (χ4v) is 5.06. The summed E-state index contributed by atoms with van der Waals surface area (Å²) in [4.78, 5) is 4.25. The van der Waals surface area contributed by atoms with E-state index in [1.807, 2.05) is 30.3 Å². The smallest absolute Gasteiger partial charge is 0.257 e. The van der Waals surface area contributed by atoms with Gasteiger partial charge in [-0.05, 0) is 31.0 Å². The lowest BCUT2D eigenvalue weighted by molar-refractivity contribution is 0.442. The topological polar surface area (TPSA) is 102 Å². The van der Waals surface area contributed by atoms with Gasteiger partial charge in [-0.3, -0.25) is 0 Å². The van der Waals surface area contributed by atoms with Gasteiger partial charge in [0, 0.05) is 19.0 Å². The summed E-state index contributed by atoms with van der Waals surface area (Å²) >= 11 is 0. The zero-order valence-electron chi connectivity index (χ0n) is 14.8. The van der Waals surface area contributed by atoms with E-state index in [9.17, 15) is 8.42 Å². The van der Waals surface area contributed by atoms with Gasteiger partial charge in [-0.15, -0.1) is 12.4 Å². The first-order chi connectivity index (χ1) is 12.5. The number of fused-ring (bicyclic) bond motifs is 1. The minimum absolute atomic E-state index is 0. The molecule has 0 radical (unpaired) electrons. The molecular weight excluding hydrogens is 388 g/mol. The number of nitrogens with zero attached hydrogens (tertiary/aromatic N) is 3. The van der Waals surface area contributed by atoms with E-state index in [0.717, 1.165) is 5.56 Å². The third-order valence-corrected chi connectivity index (χ3v) is 6.86. The number of hydrogen-bond donors (Lipinski definition) is 1. The van der Waals surface area contributed by atoms with Crippen molar-refractivity contribution in [1.29, 1.82) is 0 Å². The van der Waals surface area contributed by atoms with E-state index < -0.39 is 10.0 Å². The number of benzene rings is 1. The third kappa shape index (κ3) is 3.45. The van der Waals surface area contributed by atoms with Crippen LogP contribution in [0.4, 0.5) is 0 Å². The minimum Gasteiger partial charge on any atom is -0.336 e. The number of halogens is 1. The zero-order valence-corrected chi connectivity index (χ0v) is 16.4. The largest absolute Gasteiger partial charge is 0.336 e. The first-order valence-corrected chi connectivity index (χ1v) is 9.92. The van der Waals surface area contributed by atoms with Crippen LogP contribution in [0.15, 0.2) is 52.0 Å². The first-order valence-electron chi connectivity index (χ1n) is 8.48. The van der Waals surface area contributed by atoms with E-state index in [4.69, 9.17) is 10.3 Å². The molecule has 0 unspecified atom stereocenters. The van der Waals surface area contributed by atoms with Crippen LogP contribution in [0.1, 0.15) is 17.2 Å². The van der Waals surface area contributed by atoms with Gasteiger partial charge in [-0.1, -0.05) is 35.5 Å². The molecule has 0 aliphatic carbocycles. The molecule has 2 N–H and O–H groups in total. The molecule has 1 fully saturated rings. The van der Waals surface area contributed by atoms with Crippen molar-refractivity contribution >= 4 is 33.5 Å². The van der Waals surface area contributed by atoms with E-state index in [2.05, 4.69) is 10.1 Å². The van der Waals surface area contributed by atoms with Crippen LogP contribution >= 0.6 is 12.4 Å². The summed E-state index contributed by atoms with van der Waals surface area (Å²) in [6.45, 7) is 3.01. The molecule has 2 atom stereocenters. The van der Waals surface area contributed by atoms with Crippen molar-refractivity contribution in [2.24, 2.45) is 11.7 Å². The van der Waals surface area contributed by atoms with Gasteiger partial charge in [0.15, 0.2) is 0 Å². The van der Waals surface area contributed by atoms with Crippen molar-refractivity contribution < 1.29 is 12.9 Å². The molecule has 27 heavy (non-hydrogen) atoms. The number of hydrogen-bond acceptors (Lipinski definition) is 6. The molecule has 7 nitrogen and oxygen atoms in total. The molecule has 4 rings (SSSR count). The zero-order chi connectivity index (χ0) is 18.3. The van der Waals surface area contributed by atoms with Gasteiger partial charge in [-0.25, -0.2) is 13.4 Å². The Bertz CT molecular complexity index is 1040. The summed E-state index contributed by atoms with van der Waals surface area (Å²) in [7, 11) is -3.66. The summed E-state index contributed by atoms with van der Waals surface area (Å²) in [5.74, 6) is 0.172. The van der Waals surface area contributed by atoms with Crippen molar-refractivity contribution in [3.63, 3.8) is 0 Å². The van der Waals surface area contributed by atoms with Gasteiger partial charge >= 0.3 is 0 Å². The van der Waals surface area contributed by atoms with E-state index >= 15 is 0 Å². The lowest BCUT2D eigenvalue weighted by atomic mass is 9.89. The third-order valence-electron chi connectivity index (χ3n) is 5.06. The summed E-state index contributed by atoms with van der Waals surface area (Å²) in [5.41, 5.74) is 8.00. The molecule has 0 spiro atoms. The summed E-state index contributed by atoms with van der Waals surface area (Å²) in [6.07, 6.45) is 1.33. The van der Waals surface area contributed by atoms with Crippen molar-refractivity contribution in [2.45, 2.75) is 17.7 Å². The Labute approximate surface area is 164 Å². The molecule has 3 aromatic rings. The maximum absolute atomic E-state index is 13.1. The second-order valence-corrected chi connectivity index (χ2v) is 8.56. The molecule has 1 aromatic carbocycles. The summed E-state index contributed by atoms with van der Waals surface area (Å²) in [5, 5.41) is 4.44. The average molecular weight is 409 g/mol. The van der Waals surface area contributed by atoms with Crippen LogP contribution in [0.25, 0.3) is 11.1 Å². The fraction of sp³-hybridized carbons (Fsp3) is 0.333. The Hall–Kier alpha value is -2.00. The predicted octanol–water partition coefficient (Wildman–Crippen LogP) is 2.32. The molecule has 2 aromatic heterocycles. The Kier molecular flexibility index (Phi) is 5.53. The Morgan fingerprint density at radius 1 is 1.26 bits per heavy atom. The standard InChI is InChI=1S/C18H20N4O3S.ClH/c1-12-16-7-15(9-20-18(16)25-21-12)26(23,24)22-10-14(8-19)17(11-22)13-5-3-2-4-6-13;/h2-7,9,14,17H,8,10-11,19H2,1H3;1H/t14-,17+;/m1./s1. The van der Waals surface area contributed by atoms with Gasteiger partial charge in [0.25, 0.3) is 5.71 Å². The number of aromatic nitrogens is 2. The number of nitrogens with two attached hydrogens (primary N) is 1. The van der Waals surface area contributed by atoms with Crippen LogP contribution in [-0.4, -0.2) is 42.5 Å². The van der Waals surface area contributed by atoms with Crippen LogP contribution in [0.3, 0.4) is 0 Å². The second-order valence-electron chi connectivity index (χ2n) is 6.63. The molecule has 144 valence electrons. The predicted molar refractivity (Wildman–Crippen MR) is 104 cm³/mol. The second kappa shape index (κ2) is 7.55. The monoisotopic (exact) mass is 408 g/mol. The molecule has 3 heterocycles. The Morgan fingerprint density at radius 3 is 2.70 bits per heavy atom. The highest BCUT2D eigenvalue weighted by Crippen LogP contribution is 2.35. The maximum atomic E-state index is 13.1. The maximum Gasteiger partial charge on any atom is 0.257 e. The molecule has 9 heteroatoms. The molecule has 0 bridgehead atoms. The summed E-state index contributed by atoms with van der Waals surface area (Å²) < 4.78 is 32.9.